The quantitative estimate of drug-likeness (QED) is 0.578. The number of carbonyl (C=O) groups is 2. The molecule has 35 heavy (non-hydrogen) atoms. The first-order chi connectivity index (χ1) is 17.0. The van der Waals surface area contributed by atoms with Gasteiger partial charge in [0.1, 0.15) is 5.75 Å². The summed E-state index contributed by atoms with van der Waals surface area (Å²) in [4.78, 5) is 33.0. The molecular weight excluding hydrogens is 438 g/mol. The van der Waals surface area contributed by atoms with E-state index in [1.807, 2.05) is 68.1 Å². The highest BCUT2D eigenvalue weighted by molar-refractivity contribution is 5.95. The van der Waals surface area contributed by atoms with Crippen molar-refractivity contribution in [3.63, 3.8) is 0 Å². The predicted octanol–water partition coefficient (Wildman–Crippen LogP) is 4.95. The highest BCUT2D eigenvalue weighted by atomic mass is 16.5. The van der Waals surface area contributed by atoms with Crippen LogP contribution < -0.4 is 10.1 Å². The van der Waals surface area contributed by atoms with E-state index >= 15 is 0 Å². The zero-order chi connectivity index (χ0) is 24.8. The van der Waals surface area contributed by atoms with E-state index in [4.69, 9.17) is 9.72 Å². The van der Waals surface area contributed by atoms with Crippen LogP contribution in [0, 0.1) is 12.8 Å². The van der Waals surface area contributed by atoms with Gasteiger partial charge in [-0.05, 0) is 58.2 Å². The lowest BCUT2D eigenvalue weighted by molar-refractivity contribution is -0.134. The average Bonchev–Trinajstić information content (AvgIpc) is 2.88. The first-order valence-corrected chi connectivity index (χ1v) is 12.6. The van der Waals surface area contributed by atoms with Gasteiger partial charge in [-0.1, -0.05) is 42.0 Å². The largest absolute Gasteiger partial charge is 0.494 e. The fraction of sp³-hybridized carbons (Fsp3) is 0.414. The number of aryl methyl sites for hydroxylation is 1. The van der Waals surface area contributed by atoms with Gasteiger partial charge in [-0.2, -0.15) is 0 Å². The molecule has 2 aromatic rings. The Morgan fingerprint density at radius 3 is 2.63 bits per heavy atom. The Morgan fingerprint density at radius 1 is 1.11 bits per heavy atom. The molecule has 6 heteroatoms. The van der Waals surface area contributed by atoms with Gasteiger partial charge in [-0.15, -0.1) is 0 Å². The Balaban J connectivity index is 1.43. The molecule has 1 fully saturated rings. The molecule has 0 radical (unpaired) electrons. The fourth-order valence-electron chi connectivity index (χ4n) is 4.89. The monoisotopic (exact) mass is 473 g/mol. The number of benzene rings is 1. The van der Waals surface area contributed by atoms with Crippen molar-refractivity contribution in [3.8, 4) is 5.75 Å². The third-order valence-corrected chi connectivity index (χ3v) is 6.87. The molecule has 1 aromatic carbocycles. The summed E-state index contributed by atoms with van der Waals surface area (Å²) >= 11 is 0. The van der Waals surface area contributed by atoms with Crippen LogP contribution >= 0.6 is 0 Å². The van der Waals surface area contributed by atoms with Gasteiger partial charge < -0.3 is 15.0 Å². The number of hydrogen-bond donors (Lipinski definition) is 1. The molecule has 2 heterocycles. The molecule has 1 aromatic heterocycles. The van der Waals surface area contributed by atoms with Gasteiger partial charge in [0.05, 0.1) is 23.8 Å². The van der Waals surface area contributed by atoms with Crippen molar-refractivity contribution in [2.75, 3.05) is 19.7 Å². The maximum atomic E-state index is 13.2. The van der Waals surface area contributed by atoms with Crippen LogP contribution in [-0.2, 0) is 11.3 Å². The minimum absolute atomic E-state index is 0.134. The van der Waals surface area contributed by atoms with Gasteiger partial charge in [-0.3, -0.25) is 14.6 Å². The summed E-state index contributed by atoms with van der Waals surface area (Å²) in [5.41, 5.74) is 4.41. The zero-order valence-corrected chi connectivity index (χ0v) is 20.9. The summed E-state index contributed by atoms with van der Waals surface area (Å²) in [7, 11) is 0. The highest BCUT2D eigenvalue weighted by Crippen LogP contribution is 2.31. The first kappa shape index (κ1) is 24.7. The van der Waals surface area contributed by atoms with Crippen molar-refractivity contribution in [3.05, 3.63) is 82.7 Å². The first-order valence-electron chi connectivity index (χ1n) is 12.6. The van der Waals surface area contributed by atoms with Gasteiger partial charge in [0.25, 0.3) is 5.91 Å². The molecular formula is C29H35N3O3. The van der Waals surface area contributed by atoms with Gasteiger partial charge in [0.2, 0.25) is 5.91 Å². The lowest BCUT2D eigenvalue weighted by Gasteiger charge is -2.34. The van der Waals surface area contributed by atoms with Gasteiger partial charge in [-0.25, -0.2) is 0 Å². The number of piperidine rings is 1. The number of rotatable bonds is 7. The van der Waals surface area contributed by atoms with Crippen LogP contribution in [-0.4, -0.2) is 41.4 Å². The van der Waals surface area contributed by atoms with Crippen LogP contribution in [0.4, 0.5) is 0 Å². The lowest BCUT2D eigenvalue weighted by atomic mass is 9.88. The second-order valence-corrected chi connectivity index (χ2v) is 9.30. The number of ether oxygens (including phenoxy) is 1. The van der Waals surface area contributed by atoms with E-state index in [1.165, 1.54) is 0 Å². The summed E-state index contributed by atoms with van der Waals surface area (Å²) < 4.78 is 5.69. The average molecular weight is 474 g/mol. The Labute approximate surface area is 208 Å². The Kier molecular flexibility index (Phi) is 8.01. The van der Waals surface area contributed by atoms with Crippen LogP contribution in [0.5, 0.6) is 5.75 Å². The normalized spacial score (nSPS) is 18.2. The minimum Gasteiger partial charge on any atom is -0.494 e. The number of amides is 2. The molecule has 1 saturated heterocycles. The van der Waals surface area contributed by atoms with Crippen molar-refractivity contribution < 1.29 is 14.3 Å². The molecule has 1 aliphatic heterocycles. The van der Waals surface area contributed by atoms with Crippen molar-refractivity contribution >= 4 is 11.8 Å². The SMILES string of the molecule is CCOc1ccccc1CNC(=O)c1ccc(C)nc1C1CCN(C(=O)C2C=CCC=C2C)CC1. The van der Waals surface area contributed by atoms with E-state index in [9.17, 15) is 9.59 Å². The van der Waals surface area contributed by atoms with E-state index in [1.54, 1.807) is 0 Å². The molecule has 0 bridgehead atoms. The Morgan fingerprint density at radius 2 is 1.89 bits per heavy atom. The number of carbonyl (C=O) groups excluding carboxylic acids is 2. The van der Waals surface area contributed by atoms with E-state index < -0.39 is 0 Å². The van der Waals surface area contributed by atoms with E-state index in [0.29, 0.717) is 31.8 Å². The van der Waals surface area contributed by atoms with Crippen molar-refractivity contribution in [2.24, 2.45) is 5.92 Å². The molecule has 2 aliphatic rings. The Bertz CT molecular complexity index is 1130. The topological polar surface area (TPSA) is 71.5 Å². The third-order valence-electron chi connectivity index (χ3n) is 6.87. The van der Waals surface area contributed by atoms with Crippen molar-refractivity contribution in [1.82, 2.24) is 15.2 Å². The molecule has 2 amide bonds. The van der Waals surface area contributed by atoms with Gasteiger partial charge in [0, 0.05) is 36.8 Å². The predicted molar refractivity (Wildman–Crippen MR) is 137 cm³/mol. The number of likely N-dealkylation sites (tertiary alicyclic amines) is 1. The molecule has 0 spiro atoms. The number of aromatic nitrogens is 1. The van der Waals surface area contributed by atoms with Crippen molar-refractivity contribution in [1.29, 1.82) is 0 Å². The molecule has 1 aliphatic carbocycles. The molecule has 1 unspecified atom stereocenters. The summed E-state index contributed by atoms with van der Waals surface area (Å²) in [6.45, 7) is 8.25. The molecule has 6 nitrogen and oxygen atoms in total. The van der Waals surface area contributed by atoms with Crippen LogP contribution in [0.25, 0.3) is 0 Å². The summed E-state index contributed by atoms with van der Waals surface area (Å²) in [6.07, 6.45) is 8.72. The minimum atomic E-state index is -0.140. The molecule has 0 saturated carbocycles. The maximum absolute atomic E-state index is 13.2. The fourth-order valence-corrected chi connectivity index (χ4v) is 4.89. The van der Waals surface area contributed by atoms with Crippen LogP contribution in [0.3, 0.4) is 0 Å². The third kappa shape index (κ3) is 5.81. The summed E-state index contributed by atoms with van der Waals surface area (Å²) in [5, 5.41) is 3.05. The van der Waals surface area contributed by atoms with Gasteiger partial charge in [0.15, 0.2) is 0 Å². The van der Waals surface area contributed by atoms with Crippen molar-refractivity contribution in [2.45, 2.75) is 52.5 Å². The number of pyridine rings is 1. The second kappa shape index (κ2) is 11.3. The highest BCUT2D eigenvalue weighted by Gasteiger charge is 2.31. The number of allylic oxidation sites excluding steroid dienone is 2. The summed E-state index contributed by atoms with van der Waals surface area (Å²) in [5.74, 6) is 0.835. The van der Waals surface area contributed by atoms with E-state index in [0.717, 1.165) is 47.5 Å². The second-order valence-electron chi connectivity index (χ2n) is 9.30. The molecule has 1 N–H and O–H groups in total. The number of para-hydroxylation sites is 1. The standard InChI is InChI=1S/C29H35N3O3/c1-4-35-26-12-8-6-10-23(26)19-30-28(33)25-14-13-21(3)31-27(25)22-15-17-32(18-16-22)29(34)24-11-7-5-9-20(24)2/h6-14,22,24H,4-5,15-19H2,1-3H3,(H,30,33). The number of nitrogens with zero attached hydrogens (tertiary/aromatic N) is 2. The van der Waals surface area contributed by atoms with Gasteiger partial charge >= 0.3 is 0 Å². The number of hydrogen-bond acceptors (Lipinski definition) is 4. The van der Waals surface area contributed by atoms with E-state index in [2.05, 4.69) is 17.5 Å². The van der Waals surface area contributed by atoms with Crippen LogP contribution in [0.15, 0.2) is 60.2 Å². The van der Waals surface area contributed by atoms with E-state index in [-0.39, 0.29) is 23.7 Å². The summed E-state index contributed by atoms with van der Waals surface area (Å²) in [6, 6.07) is 11.5. The molecule has 4 rings (SSSR count). The zero-order valence-electron chi connectivity index (χ0n) is 20.9. The molecule has 184 valence electrons. The number of nitrogens with one attached hydrogen (secondary N) is 1. The van der Waals surface area contributed by atoms with Crippen LogP contribution in [0.2, 0.25) is 0 Å². The maximum Gasteiger partial charge on any atom is 0.253 e. The Hall–Kier alpha value is -3.41. The lowest BCUT2D eigenvalue weighted by Crippen LogP contribution is -2.42. The molecule has 1 atom stereocenters. The smallest absolute Gasteiger partial charge is 0.253 e. The van der Waals surface area contributed by atoms with Crippen LogP contribution in [0.1, 0.15) is 66.3 Å².